The van der Waals surface area contributed by atoms with Crippen molar-refractivity contribution in [3.8, 4) is 6.07 Å². The quantitative estimate of drug-likeness (QED) is 0.941. The van der Waals surface area contributed by atoms with Gasteiger partial charge in [0.1, 0.15) is 11.9 Å². The molecule has 0 bridgehead atoms. The van der Waals surface area contributed by atoms with Gasteiger partial charge in [0.2, 0.25) is 0 Å². The molecule has 1 heterocycles. The monoisotopic (exact) mass is 301 g/mol. The van der Waals surface area contributed by atoms with Crippen molar-refractivity contribution in [1.29, 1.82) is 5.26 Å². The lowest BCUT2D eigenvalue weighted by Crippen LogP contribution is -2.04. The Hall–Kier alpha value is -1.86. The number of nitrogens with one attached hydrogen (secondary N) is 1. The zero-order valence-electron chi connectivity index (χ0n) is 9.94. The summed E-state index contributed by atoms with van der Waals surface area (Å²) in [4.78, 5) is 4.17. The van der Waals surface area contributed by atoms with Gasteiger partial charge >= 0.3 is 0 Å². The molecule has 4 heteroatoms. The van der Waals surface area contributed by atoms with Crippen molar-refractivity contribution >= 4 is 21.7 Å². The third-order valence-corrected chi connectivity index (χ3v) is 3.18. The first-order valence-electron chi connectivity index (χ1n) is 5.54. The molecule has 1 N–H and O–H groups in total. The van der Waals surface area contributed by atoms with Gasteiger partial charge in [0, 0.05) is 17.2 Å². The summed E-state index contributed by atoms with van der Waals surface area (Å²) in [5, 5.41) is 12.2. The highest BCUT2D eigenvalue weighted by Crippen LogP contribution is 2.18. The van der Waals surface area contributed by atoms with E-state index in [1.807, 2.05) is 6.07 Å². The molecule has 0 saturated carbocycles. The minimum Gasteiger partial charge on any atom is -0.365 e. The number of halogens is 1. The lowest BCUT2D eigenvalue weighted by atomic mass is 10.1. The summed E-state index contributed by atoms with van der Waals surface area (Å²) in [6, 6.07) is 11.8. The van der Waals surface area contributed by atoms with Gasteiger partial charge in [0.15, 0.2) is 0 Å². The molecular weight excluding hydrogens is 290 g/mol. The first-order valence-corrected chi connectivity index (χ1v) is 6.34. The van der Waals surface area contributed by atoms with E-state index in [-0.39, 0.29) is 0 Å². The van der Waals surface area contributed by atoms with Crippen LogP contribution in [-0.2, 0) is 6.54 Å². The molecule has 2 aromatic rings. The van der Waals surface area contributed by atoms with Gasteiger partial charge in [-0.15, -0.1) is 0 Å². The predicted octanol–water partition coefficient (Wildman–Crippen LogP) is 3.64. The zero-order valence-corrected chi connectivity index (χ0v) is 11.5. The van der Waals surface area contributed by atoms with Crippen molar-refractivity contribution in [1.82, 2.24) is 4.98 Å². The molecule has 2 rings (SSSR count). The Labute approximate surface area is 115 Å². The van der Waals surface area contributed by atoms with Crippen LogP contribution in [0.2, 0.25) is 0 Å². The van der Waals surface area contributed by atoms with Gasteiger partial charge in [0.05, 0.1) is 5.56 Å². The van der Waals surface area contributed by atoms with E-state index in [9.17, 15) is 0 Å². The summed E-state index contributed by atoms with van der Waals surface area (Å²) in [5.74, 6) is 0.624. The number of nitriles is 1. The van der Waals surface area contributed by atoms with E-state index < -0.39 is 0 Å². The van der Waals surface area contributed by atoms with E-state index in [2.05, 4.69) is 51.4 Å². The van der Waals surface area contributed by atoms with Crippen LogP contribution in [0.5, 0.6) is 0 Å². The largest absolute Gasteiger partial charge is 0.365 e. The predicted molar refractivity (Wildman–Crippen MR) is 75.2 cm³/mol. The second-order valence-corrected chi connectivity index (χ2v) is 4.85. The minimum atomic E-state index is 0.560. The van der Waals surface area contributed by atoms with Gasteiger partial charge in [-0.1, -0.05) is 22.0 Å². The Bertz CT molecular complexity index is 602. The molecule has 1 aromatic carbocycles. The number of aryl methyl sites for hydroxylation is 1. The maximum Gasteiger partial charge on any atom is 0.144 e. The van der Waals surface area contributed by atoms with Crippen molar-refractivity contribution in [3.05, 3.63) is 57.7 Å². The summed E-state index contributed by atoms with van der Waals surface area (Å²) >= 11 is 3.45. The van der Waals surface area contributed by atoms with Crippen molar-refractivity contribution in [2.45, 2.75) is 13.5 Å². The molecule has 1 aromatic heterocycles. The molecule has 0 unspecified atom stereocenters. The van der Waals surface area contributed by atoms with Crippen LogP contribution in [0, 0.1) is 18.3 Å². The van der Waals surface area contributed by atoms with Crippen molar-refractivity contribution < 1.29 is 0 Å². The first-order chi connectivity index (χ1) is 8.70. The molecule has 90 valence electrons. The highest BCUT2D eigenvalue weighted by molar-refractivity contribution is 9.10. The van der Waals surface area contributed by atoms with Crippen molar-refractivity contribution in [2.75, 3.05) is 5.32 Å². The Morgan fingerprint density at radius 1 is 1.39 bits per heavy atom. The molecule has 18 heavy (non-hydrogen) atoms. The molecule has 0 saturated heterocycles. The molecular formula is C14H12BrN3. The second kappa shape index (κ2) is 5.65. The summed E-state index contributed by atoms with van der Waals surface area (Å²) < 4.78 is 1.05. The molecule has 0 amide bonds. The SMILES string of the molecule is Cc1ccc(Br)cc1CNc1ncccc1C#N. The van der Waals surface area contributed by atoms with E-state index in [0.717, 1.165) is 4.47 Å². The molecule has 3 nitrogen and oxygen atoms in total. The van der Waals surface area contributed by atoms with Gasteiger partial charge < -0.3 is 5.32 Å². The van der Waals surface area contributed by atoms with Crippen LogP contribution < -0.4 is 5.32 Å². The topological polar surface area (TPSA) is 48.7 Å². The average molecular weight is 302 g/mol. The Morgan fingerprint density at radius 3 is 3.00 bits per heavy atom. The van der Waals surface area contributed by atoms with E-state index in [1.165, 1.54) is 11.1 Å². The number of aromatic nitrogens is 1. The Balaban J connectivity index is 2.17. The second-order valence-electron chi connectivity index (χ2n) is 3.94. The van der Waals surface area contributed by atoms with E-state index >= 15 is 0 Å². The van der Waals surface area contributed by atoms with Crippen LogP contribution in [0.4, 0.5) is 5.82 Å². The van der Waals surface area contributed by atoms with Gasteiger partial charge in [-0.05, 0) is 42.3 Å². The molecule has 0 atom stereocenters. The number of benzene rings is 1. The highest BCUT2D eigenvalue weighted by atomic mass is 79.9. The lowest BCUT2D eigenvalue weighted by molar-refractivity contribution is 1.08. The van der Waals surface area contributed by atoms with Crippen molar-refractivity contribution in [2.24, 2.45) is 0 Å². The number of anilines is 1. The number of nitrogens with zero attached hydrogens (tertiary/aromatic N) is 2. The Kier molecular flexibility index (Phi) is 3.96. The van der Waals surface area contributed by atoms with Crippen LogP contribution in [-0.4, -0.2) is 4.98 Å². The molecule has 0 aliphatic carbocycles. The molecule has 0 aliphatic heterocycles. The minimum absolute atomic E-state index is 0.560. The van der Waals surface area contributed by atoms with Crippen LogP contribution in [0.3, 0.4) is 0 Å². The van der Waals surface area contributed by atoms with Gasteiger partial charge in [-0.3, -0.25) is 0 Å². The van der Waals surface area contributed by atoms with E-state index in [1.54, 1.807) is 18.3 Å². The maximum absolute atomic E-state index is 8.98. The van der Waals surface area contributed by atoms with Crippen molar-refractivity contribution in [3.63, 3.8) is 0 Å². The van der Waals surface area contributed by atoms with Crippen LogP contribution in [0.15, 0.2) is 41.0 Å². The zero-order chi connectivity index (χ0) is 13.0. The third kappa shape index (κ3) is 2.88. The number of hydrogen-bond donors (Lipinski definition) is 1. The summed E-state index contributed by atoms with van der Waals surface area (Å²) in [5.41, 5.74) is 2.95. The first kappa shape index (κ1) is 12.6. The fourth-order valence-electron chi connectivity index (χ4n) is 1.65. The third-order valence-electron chi connectivity index (χ3n) is 2.69. The molecule has 0 radical (unpaired) electrons. The fourth-order valence-corrected chi connectivity index (χ4v) is 2.05. The standard InChI is InChI=1S/C14H12BrN3/c1-10-4-5-13(15)7-12(10)9-18-14-11(8-16)3-2-6-17-14/h2-7H,9H2,1H3,(H,17,18). The number of rotatable bonds is 3. The number of pyridine rings is 1. The van der Waals surface area contributed by atoms with Gasteiger partial charge in [0.25, 0.3) is 0 Å². The number of hydrogen-bond acceptors (Lipinski definition) is 3. The summed E-state index contributed by atoms with van der Waals surface area (Å²) in [7, 11) is 0. The average Bonchev–Trinajstić information content (AvgIpc) is 2.40. The molecule has 0 spiro atoms. The van der Waals surface area contributed by atoms with Crippen LogP contribution >= 0.6 is 15.9 Å². The lowest BCUT2D eigenvalue weighted by Gasteiger charge is -2.09. The molecule has 0 aliphatic rings. The molecule has 0 fully saturated rings. The Morgan fingerprint density at radius 2 is 2.22 bits per heavy atom. The maximum atomic E-state index is 8.98. The summed E-state index contributed by atoms with van der Waals surface area (Å²) in [6.07, 6.45) is 1.68. The van der Waals surface area contributed by atoms with Gasteiger partial charge in [-0.25, -0.2) is 4.98 Å². The van der Waals surface area contributed by atoms with E-state index in [0.29, 0.717) is 17.9 Å². The highest BCUT2D eigenvalue weighted by Gasteiger charge is 2.03. The normalized spacial score (nSPS) is 9.83. The fraction of sp³-hybridized carbons (Fsp3) is 0.143. The smallest absolute Gasteiger partial charge is 0.144 e. The summed E-state index contributed by atoms with van der Waals surface area (Å²) in [6.45, 7) is 2.71. The van der Waals surface area contributed by atoms with Crippen LogP contribution in [0.1, 0.15) is 16.7 Å². The van der Waals surface area contributed by atoms with Crippen LogP contribution in [0.25, 0.3) is 0 Å². The van der Waals surface area contributed by atoms with Gasteiger partial charge in [-0.2, -0.15) is 5.26 Å². The van der Waals surface area contributed by atoms with E-state index in [4.69, 9.17) is 5.26 Å².